The number of imidazole rings is 1. The molecule has 2 aromatic rings. The van der Waals surface area contributed by atoms with Gasteiger partial charge in [0.05, 0.1) is 6.54 Å². The largest absolute Gasteiger partial charge is 0.345 e. The van der Waals surface area contributed by atoms with Crippen molar-refractivity contribution in [2.45, 2.75) is 33.2 Å². The van der Waals surface area contributed by atoms with Crippen molar-refractivity contribution in [2.24, 2.45) is 0 Å². The van der Waals surface area contributed by atoms with Gasteiger partial charge in [-0.3, -0.25) is 0 Å². The number of carbonyl (C=O) groups excluding carboxylic acids is 1. The van der Waals surface area contributed by atoms with Crippen molar-refractivity contribution in [3.63, 3.8) is 0 Å². The molecule has 2 amide bonds. The maximum Gasteiger partial charge on any atom is 0.317 e. The van der Waals surface area contributed by atoms with Crippen LogP contribution in [0.15, 0.2) is 30.5 Å². The zero-order valence-corrected chi connectivity index (χ0v) is 13.5. The fourth-order valence-corrected chi connectivity index (χ4v) is 2.23. The third kappa shape index (κ3) is 4.62. The molecule has 0 unspecified atom stereocenters. The van der Waals surface area contributed by atoms with E-state index in [0.717, 1.165) is 24.4 Å². The highest BCUT2D eigenvalue weighted by Gasteiger charge is 2.10. The maximum absolute atomic E-state index is 12.0. The Morgan fingerprint density at radius 3 is 2.55 bits per heavy atom. The van der Waals surface area contributed by atoms with E-state index < -0.39 is 0 Å². The lowest BCUT2D eigenvalue weighted by Gasteiger charge is -2.16. The predicted octanol–water partition coefficient (Wildman–Crippen LogP) is 2.66. The average molecular weight is 300 g/mol. The SMILES string of the molecule is CCc1ccc(CCNC(=O)N(C)Cc2ncc(C)[nH]2)cc1. The number of carbonyl (C=O) groups is 1. The van der Waals surface area contributed by atoms with Crippen molar-refractivity contribution >= 4 is 6.03 Å². The van der Waals surface area contributed by atoms with Crippen molar-refractivity contribution < 1.29 is 4.79 Å². The summed E-state index contributed by atoms with van der Waals surface area (Å²) in [5, 5.41) is 2.93. The summed E-state index contributed by atoms with van der Waals surface area (Å²) in [6.45, 7) is 5.20. The zero-order chi connectivity index (χ0) is 15.9. The minimum atomic E-state index is -0.0840. The Balaban J connectivity index is 1.74. The van der Waals surface area contributed by atoms with E-state index in [-0.39, 0.29) is 6.03 Å². The number of aromatic nitrogens is 2. The Morgan fingerprint density at radius 1 is 1.27 bits per heavy atom. The Hall–Kier alpha value is -2.30. The molecule has 118 valence electrons. The second kappa shape index (κ2) is 7.64. The van der Waals surface area contributed by atoms with E-state index in [1.165, 1.54) is 11.1 Å². The van der Waals surface area contributed by atoms with Gasteiger partial charge in [0.1, 0.15) is 5.82 Å². The number of benzene rings is 1. The molecule has 0 atom stereocenters. The number of nitrogens with one attached hydrogen (secondary N) is 2. The molecule has 0 aliphatic carbocycles. The number of hydrogen-bond donors (Lipinski definition) is 2. The lowest BCUT2D eigenvalue weighted by Crippen LogP contribution is -2.38. The number of aryl methyl sites for hydroxylation is 2. The van der Waals surface area contributed by atoms with Crippen LogP contribution in [-0.4, -0.2) is 34.5 Å². The molecule has 0 aliphatic heterocycles. The first-order chi connectivity index (χ1) is 10.6. The number of H-pyrrole nitrogens is 1. The highest BCUT2D eigenvalue weighted by Crippen LogP contribution is 2.05. The summed E-state index contributed by atoms with van der Waals surface area (Å²) in [6.07, 6.45) is 3.65. The molecule has 1 aromatic heterocycles. The Labute approximate surface area is 131 Å². The molecule has 2 N–H and O–H groups in total. The third-order valence-corrected chi connectivity index (χ3v) is 3.61. The summed E-state index contributed by atoms with van der Waals surface area (Å²) in [5.41, 5.74) is 3.57. The van der Waals surface area contributed by atoms with Crippen molar-refractivity contribution in [1.29, 1.82) is 0 Å². The summed E-state index contributed by atoms with van der Waals surface area (Å²) < 4.78 is 0. The van der Waals surface area contributed by atoms with Crippen LogP contribution in [0, 0.1) is 6.92 Å². The van der Waals surface area contributed by atoms with Crippen LogP contribution in [0.2, 0.25) is 0 Å². The van der Waals surface area contributed by atoms with Crippen LogP contribution in [-0.2, 0) is 19.4 Å². The highest BCUT2D eigenvalue weighted by molar-refractivity contribution is 5.73. The number of urea groups is 1. The standard InChI is InChI=1S/C17H24N4O/c1-4-14-5-7-15(8-6-14)9-10-18-17(22)21(3)12-16-19-11-13(2)20-16/h5-8,11H,4,9-10,12H2,1-3H3,(H,18,22)(H,19,20). The molecule has 0 spiro atoms. The van der Waals surface area contributed by atoms with Crippen molar-refractivity contribution in [3.8, 4) is 0 Å². The minimum absolute atomic E-state index is 0.0840. The molecule has 0 saturated carbocycles. The Morgan fingerprint density at radius 2 is 1.95 bits per heavy atom. The average Bonchev–Trinajstić information content (AvgIpc) is 2.93. The van der Waals surface area contributed by atoms with Gasteiger partial charge in [0.15, 0.2) is 0 Å². The summed E-state index contributed by atoms with van der Waals surface area (Å²) in [7, 11) is 1.77. The van der Waals surface area contributed by atoms with Gasteiger partial charge in [0.2, 0.25) is 0 Å². The minimum Gasteiger partial charge on any atom is -0.345 e. The van der Waals surface area contributed by atoms with E-state index >= 15 is 0 Å². The van der Waals surface area contributed by atoms with Crippen LogP contribution in [0.5, 0.6) is 0 Å². The summed E-state index contributed by atoms with van der Waals surface area (Å²) >= 11 is 0. The third-order valence-electron chi connectivity index (χ3n) is 3.61. The molecular weight excluding hydrogens is 276 g/mol. The summed E-state index contributed by atoms with van der Waals surface area (Å²) in [5.74, 6) is 0.797. The fourth-order valence-electron chi connectivity index (χ4n) is 2.23. The molecule has 5 nitrogen and oxygen atoms in total. The van der Waals surface area contributed by atoms with Gasteiger partial charge in [0, 0.05) is 25.5 Å². The van der Waals surface area contributed by atoms with E-state index in [1.807, 2.05) is 6.92 Å². The fraction of sp³-hybridized carbons (Fsp3) is 0.412. The first kappa shape index (κ1) is 16.1. The molecule has 22 heavy (non-hydrogen) atoms. The molecule has 0 saturated heterocycles. The van der Waals surface area contributed by atoms with E-state index in [2.05, 4.69) is 46.5 Å². The topological polar surface area (TPSA) is 61.0 Å². The van der Waals surface area contributed by atoms with Crippen LogP contribution < -0.4 is 5.32 Å². The maximum atomic E-state index is 12.0. The van der Waals surface area contributed by atoms with Crippen molar-refractivity contribution in [1.82, 2.24) is 20.2 Å². The number of amides is 2. The molecule has 1 aromatic carbocycles. The smallest absolute Gasteiger partial charge is 0.317 e. The Kier molecular flexibility index (Phi) is 5.58. The van der Waals surface area contributed by atoms with Gasteiger partial charge in [-0.1, -0.05) is 31.2 Å². The lowest BCUT2D eigenvalue weighted by molar-refractivity contribution is 0.206. The van der Waals surface area contributed by atoms with Crippen LogP contribution in [0.4, 0.5) is 4.79 Å². The molecule has 5 heteroatoms. The summed E-state index contributed by atoms with van der Waals surface area (Å²) in [6, 6.07) is 8.45. The van der Waals surface area contributed by atoms with Gasteiger partial charge in [-0.2, -0.15) is 0 Å². The highest BCUT2D eigenvalue weighted by atomic mass is 16.2. The monoisotopic (exact) mass is 300 g/mol. The molecule has 2 rings (SSSR count). The summed E-state index contributed by atoms with van der Waals surface area (Å²) in [4.78, 5) is 21.0. The first-order valence-electron chi connectivity index (χ1n) is 7.65. The molecular formula is C17H24N4O. The second-order valence-corrected chi connectivity index (χ2v) is 5.52. The Bertz CT molecular complexity index is 603. The molecule has 0 fully saturated rings. The number of aromatic amines is 1. The van der Waals surface area contributed by atoms with E-state index in [9.17, 15) is 4.79 Å². The number of rotatable bonds is 6. The molecule has 1 heterocycles. The first-order valence-corrected chi connectivity index (χ1v) is 7.65. The van der Waals surface area contributed by atoms with Crippen LogP contribution in [0.1, 0.15) is 29.6 Å². The predicted molar refractivity (Wildman–Crippen MR) is 87.7 cm³/mol. The van der Waals surface area contributed by atoms with Gasteiger partial charge in [-0.05, 0) is 30.9 Å². The van der Waals surface area contributed by atoms with Crippen molar-refractivity contribution in [2.75, 3.05) is 13.6 Å². The number of nitrogens with zero attached hydrogens (tertiary/aromatic N) is 2. The van der Waals surface area contributed by atoms with Crippen LogP contribution in [0.25, 0.3) is 0 Å². The normalized spacial score (nSPS) is 10.5. The van der Waals surface area contributed by atoms with Crippen LogP contribution >= 0.6 is 0 Å². The number of hydrogen-bond acceptors (Lipinski definition) is 2. The van der Waals surface area contributed by atoms with Gasteiger partial charge in [-0.15, -0.1) is 0 Å². The van der Waals surface area contributed by atoms with Crippen molar-refractivity contribution in [3.05, 3.63) is 53.1 Å². The van der Waals surface area contributed by atoms with Gasteiger partial charge < -0.3 is 15.2 Å². The second-order valence-electron chi connectivity index (χ2n) is 5.52. The van der Waals surface area contributed by atoms with Gasteiger partial charge >= 0.3 is 6.03 Å². The van der Waals surface area contributed by atoms with E-state index in [0.29, 0.717) is 13.1 Å². The van der Waals surface area contributed by atoms with Gasteiger partial charge in [0.25, 0.3) is 0 Å². The molecule has 0 aliphatic rings. The van der Waals surface area contributed by atoms with Gasteiger partial charge in [-0.25, -0.2) is 9.78 Å². The zero-order valence-electron chi connectivity index (χ0n) is 13.5. The molecule has 0 radical (unpaired) electrons. The van der Waals surface area contributed by atoms with E-state index in [4.69, 9.17) is 0 Å². The van der Waals surface area contributed by atoms with Crippen LogP contribution in [0.3, 0.4) is 0 Å². The quantitative estimate of drug-likeness (QED) is 0.861. The molecule has 0 bridgehead atoms. The lowest BCUT2D eigenvalue weighted by atomic mass is 10.1. The van der Waals surface area contributed by atoms with E-state index in [1.54, 1.807) is 18.1 Å².